The highest BCUT2D eigenvalue weighted by Crippen LogP contribution is 2.22. The van der Waals surface area contributed by atoms with Crippen molar-refractivity contribution < 1.29 is 19.1 Å². The Kier molecular flexibility index (Phi) is 11.1. The average Bonchev–Trinajstić information content (AvgIpc) is 2.69. The van der Waals surface area contributed by atoms with Crippen molar-refractivity contribution in [2.45, 2.75) is 78.9 Å². The number of aryl methyl sites for hydroxylation is 1. The Morgan fingerprint density at radius 1 is 1.00 bits per heavy atom. The lowest BCUT2D eigenvalue weighted by Crippen LogP contribution is -2.48. The van der Waals surface area contributed by atoms with Crippen LogP contribution in [0, 0.1) is 6.92 Å². The van der Waals surface area contributed by atoms with Crippen molar-refractivity contribution in [3.05, 3.63) is 35.4 Å². The van der Waals surface area contributed by atoms with Crippen LogP contribution in [0.1, 0.15) is 77.5 Å². The molecular formula is C24H39N3O4. The minimum atomic E-state index is -0.755. The predicted molar refractivity (Wildman–Crippen MR) is 123 cm³/mol. The third-order valence-electron chi connectivity index (χ3n) is 4.60. The zero-order chi connectivity index (χ0) is 23.4. The summed E-state index contributed by atoms with van der Waals surface area (Å²) in [6.07, 6.45) is 3.02. The average molecular weight is 434 g/mol. The van der Waals surface area contributed by atoms with E-state index >= 15 is 0 Å². The van der Waals surface area contributed by atoms with Crippen LogP contribution in [0.5, 0.6) is 0 Å². The van der Waals surface area contributed by atoms with E-state index in [0.717, 1.165) is 30.4 Å². The molecule has 3 amide bonds. The summed E-state index contributed by atoms with van der Waals surface area (Å²) >= 11 is 0. The minimum absolute atomic E-state index is 0.209. The molecular weight excluding hydrogens is 394 g/mol. The molecule has 7 nitrogen and oxygen atoms in total. The first-order valence-electron chi connectivity index (χ1n) is 11.2. The van der Waals surface area contributed by atoms with Gasteiger partial charge in [0, 0.05) is 13.1 Å². The fraction of sp³-hybridized carbons (Fsp3) is 0.625. The molecule has 7 heteroatoms. The molecule has 1 unspecified atom stereocenters. The van der Waals surface area contributed by atoms with E-state index in [1.165, 1.54) is 4.90 Å². The van der Waals surface area contributed by atoms with E-state index in [-0.39, 0.29) is 18.4 Å². The van der Waals surface area contributed by atoms with Gasteiger partial charge in [-0.25, -0.2) is 4.79 Å². The molecule has 31 heavy (non-hydrogen) atoms. The second-order valence-corrected chi connectivity index (χ2v) is 8.75. The lowest BCUT2D eigenvalue weighted by molar-refractivity contribution is -0.140. The van der Waals surface area contributed by atoms with Crippen LogP contribution in [0.15, 0.2) is 24.3 Å². The SMILES string of the molecule is CCCCCNC(=O)C(c1ccc(C)cc1)N(CCC)C(=O)CNC(=O)OC(C)(C)C. The second kappa shape index (κ2) is 13.0. The summed E-state index contributed by atoms with van der Waals surface area (Å²) in [7, 11) is 0. The normalized spacial score (nSPS) is 12.1. The van der Waals surface area contributed by atoms with Gasteiger partial charge in [-0.3, -0.25) is 9.59 Å². The Morgan fingerprint density at radius 3 is 2.19 bits per heavy atom. The number of hydrogen-bond acceptors (Lipinski definition) is 4. The molecule has 1 rings (SSSR count). The van der Waals surface area contributed by atoms with Crippen molar-refractivity contribution in [3.63, 3.8) is 0 Å². The summed E-state index contributed by atoms with van der Waals surface area (Å²) in [4.78, 5) is 39.7. The van der Waals surface area contributed by atoms with E-state index in [0.29, 0.717) is 19.5 Å². The zero-order valence-corrected chi connectivity index (χ0v) is 19.9. The number of unbranched alkanes of at least 4 members (excludes halogenated alkanes) is 2. The summed E-state index contributed by atoms with van der Waals surface area (Å²) in [5.74, 6) is -0.541. The minimum Gasteiger partial charge on any atom is -0.444 e. The number of alkyl carbamates (subject to hydrolysis) is 1. The smallest absolute Gasteiger partial charge is 0.408 e. The van der Waals surface area contributed by atoms with Crippen LogP contribution >= 0.6 is 0 Å². The molecule has 0 spiro atoms. The van der Waals surface area contributed by atoms with Crippen molar-refractivity contribution in [1.82, 2.24) is 15.5 Å². The van der Waals surface area contributed by atoms with Crippen molar-refractivity contribution in [2.75, 3.05) is 19.6 Å². The van der Waals surface area contributed by atoms with Gasteiger partial charge in [0.25, 0.3) is 0 Å². The number of carbonyl (C=O) groups is 3. The van der Waals surface area contributed by atoms with Crippen molar-refractivity contribution in [2.24, 2.45) is 0 Å². The third kappa shape index (κ3) is 9.85. The quantitative estimate of drug-likeness (QED) is 0.514. The Morgan fingerprint density at radius 2 is 1.65 bits per heavy atom. The monoisotopic (exact) mass is 433 g/mol. The van der Waals surface area contributed by atoms with E-state index in [9.17, 15) is 14.4 Å². The summed E-state index contributed by atoms with van der Waals surface area (Å²) in [5.41, 5.74) is 1.17. The summed E-state index contributed by atoms with van der Waals surface area (Å²) < 4.78 is 5.21. The molecule has 0 heterocycles. The maximum Gasteiger partial charge on any atom is 0.408 e. The van der Waals surface area contributed by atoms with E-state index in [1.54, 1.807) is 20.8 Å². The lowest BCUT2D eigenvalue weighted by Gasteiger charge is -2.31. The van der Waals surface area contributed by atoms with Gasteiger partial charge in [-0.2, -0.15) is 0 Å². The summed E-state index contributed by atoms with van der Waals surface area (Å²) in [5, 5.41) is 5.48. The maximum atomic E-state index is 13.1. The highest BCUT2D eigenvalue weighted by molar-refractivity contribution is 5.90. The molecule has 174 valence electrons. The third-order valence-corrected chi connectivity index (χ3v) is 4.60. The maximum absolute atomic E-state index is 13.1. The largest absolute Gasteiger partial charge is 0.444 e. The number of hydrogen-bond donors (Lipinski definition) is 2. The summed E-state index contributed by atoms with van der Waals surface area (Å²) in [6.45, 7) is 12.0. The van der Waals surface area contributed by atoms with Gasteiger partial charge in [0.05, 0.1) is 0 Å². The standard InChI is InChI=1S/C24H39N3O4/c1-7-9-10-15-25-22(29)21(19-13-11-18(3)12-14-19)27(16-8-2)20(28)17-26-23(30)31-24(4,5)6/h11-14,21H,7-10,15-17H2,1-6H3,(H,25,29)(H,26,30). The van der Waals surface area contributed by atoms with E-state index in [4.69, 9.17) is 4.74 Å². The van der Waals surface area contributed by atoms with Gasteiger partial charge in [0.2, 0.25) is 11.8 Å². The molecule has 0 saturated heterocycles. The lowest BCUT2D eigenvalue weighted by atomic mass is 10.0. The van der Waals surface area contributed by atoms with E-state index in [2.05, 4.69) is 17.6 Å². The molecule has 0 fully saturated rings. The van der Waals surface area contributed by atoms with Gasteiger partial charge in [-0.05, 0) is 46.1 Å². The van der Waals surface area contributed by atoms with Gasteiger partial charge < -0.3 is 20.3 Å². The number of nitrogens with zero attached hydrogens (tertiary/aromatic N) is 1. The molecule has 1 aromatic rings. The molecule has 0 saturated carbocycles. The number of ether oxygens (including phenoxy) is 1. The van der Waals surface area contributed by atoms with Crippen molar-refractivity contribution in [1.29, 1.82) is 0 Å². The van der Waals surface area contributed by atoms with Gasteiger partial charge in [-0.1, -0.05) is 56.5 Å². The predicted octanol–water partition coefficient (Wildman–Crippen LogP) is 4.11. The van der Waals surface area contributed by atoms with Crippen LogP contribution in [0.3, 0.4) is 0 Å². The fourth-order valence-electron chi connectivity index (χ4n) is 3.11. The molecule has 1 aromatic carbocycles. The highest BCUT2D eigenvalue weighted by atomic mass is 16.6. The first-order valence-corrected chi connectivity index (χ1v) is 11.2. The molecule has 0 bridgehead atoms. The fourth-order valence-corrected chi connectivity index (χ4v) is 3.11. The van der Waals surface area contributed by atoms with Crippen LogP contribution in [0.2, 0.25) is 0 Å². The van der Waals surface area contributed by atoms with Gasteiger partial charge in [0.1, 0.15) is 18.2 Å². The molecule has 0 aliphatic rings. The molecule has 0 aliphatic heterocycles. The topological polar surface area (TPSA) is 87.7 Å². The van der Waals surface area contributed by atoms with Crippen LogP contribution < -0.4 is 10.6 Å². The highest BCUT2D eigenvalue weighted by Gasteiger charge is 2.31. The number of benzene rings is 1. The van der Waals surface area contributed by atoms with E-state index in [1.807, 2.05) is 38.1 Å². The number of nitrogens with one attached hydrogen (secondary N) is 2. The Hall–Kier alpha value is -2.57. The first kappa shape index (κ1) is 26.5. The molecule has 0 aliphatic carbocycles. The van der Waals surface area contributed by atoms with Crippen molar-refractivity contribution in [3.8, 4) is 0 Å². The van der Waals surface area contributed by atoms with Crippen LogP contribution in [-0.4, -0.2) is 48.0 Å². The van der Waals surface area contributed by atoms with Gasteiger partial charge >= 0.3 is 6.09 Å². The molecule has 0 radical (unpaired) electrons. The number of amides is 3. The van der Waals surface area contributed by atoms with Gasteiger partial charge in [0.15, 0.2) is 0 Å². The zero-order valence-electron chi connectivity index (χ0n) is 19.9. The molecule has 0 aromatic heterocycles. The van der Waals surface area contributed by atoms with Gasteiger partial charge in [-0.15, -0.1) is 0 Å². The number of carbonyl (C=O) groups excluding carboxylic acids is 3. The molecule has 1 atom stereocenters. The van der Waals surface area contributed by atoms with E-state index < -0.39 is 17.7 Å². The Balaban J connectivity index is 3.02. The Bertz CT molecular complexity index is 711. The Labute approximate surface area is 186 Å². The van der Waals surface area contributed by atoms with Crippen LogP contribution in [0.4, 0.5) is 4.79 Å². The number of rotatable bonds is 11. The summed E-state index contributed by atoms with van der Waals surface area (Å²) in [6, 6.07) is 6.86. The van der Waals surface area contributed by atoms with Crippen LogP contribution in [-0.2, 0) is 14.3 Å². The second-order valence-electron chi connectivity index (χ2n) is 8.75. The van der Waals surface area contributed by atoms with Crippen molar-refractivity contribution >= 4 is 17.9 Å². The first-order chi connectivity index (χ1) is 14.6. The van der Waals surface area contributed by atoms with Crippen LogP contribution in [0.25, 0.3) is 0 Å². The molecule has 2 N–H and O–H groups in total.